The number of aromatic nitrogens is 2. The number of likely N-dealkylation sites (tertiary alicyclic amines) is 1. The lowest BCUT2D eigenvalue weighted by Gasteiger charge is -2.32. The molecule has 1 aliphatic heterocycles. The van der Waals surface area contributed by atoms with Gasteiger partial charge in [0.2, 0.25) is 11.7 Å². The first kappa shape index (κ1) is 17.5. The number of benzene rings is 1. The lowest BCUT2D eigenvalue weighted by molar-refractivity contribution is -0.142. The summed E-state index contributed by atoms with van der Waals surface area (Å²) in [5, 5.41) is 14.3. The van der Waals surface area contributed by atoms with E-state index in [0.29, 0.717) is 41.7 Å². The molecule has 2 aliphatic rings. The number of carboxylic acids is 1. The maximum atomic E-state index is 11.7. The average molecular weight is 376 g/mol. The second-order valence-corrected chi connectivity index (χ2v) is 7.64. The molecule has 1 aliphatic carbocycles. The van der Waals surface area contributed by atoms with Crippen molar-refractivity contribution < 1.29 is 14.4 Å². The van der Waals surface area contributed by atoms with Crippen molar-refractivity contribution in [1.29, 1.82) is 0 Å². The van der Waals surface area contributed by atoms with Crippen molar-refractivity contribution in [1.82, 2.24) is 15.0 Å². The molecule has 4 rings (SSSR count). The molecule has 3 unspecified atom stereocenters. The highest BCUT2D eigenvalue weighted by molar-refractivity contribution is 6.30. The number of nitrogens with zero attached hydrogens (tertiary/aromatic N) is 3. The molecule has 1 aromatic carbocycles. The van der Waals surface area contributed by atoms with Gasteiger partial charge in [-0.2, -0.15) is 4.98 Å². The van der Waals surface area contributed by atoms with Gasteiger partial charge in [-0.15, -0.1) is 0 Å². The molecular formula is C19H22ClN3O3. The average Bonchev–Trinajstić information content (AvgIpc) is 3.25. The predicted molar refractivity (Wildman–Crippen MR) is 96.9 cm³/mol. The van der Waals surface area contributed by atoms with E-state index in [-0.39, 0.29) is 6.04 Å². The maximum absolute atomic E-state index is 11.7. The van der Waals surface area contributed by atoms with Gasteiger partial charge in [0, 0.05) is 29.6 Å². The number of halogens is 1. The zero-order valence-corrected chi connectivity index (χ0v) is 15.2. The van der Waals surface area contributed by atoms with E-state index in [1.165, 1.54) is 12.8 Å². The van der Waals surface area contributed by atoms with Crippen LogP contribution in [0.25, 0.3) is 11.4 Å². The monoisotopic (exact) mass is 375 g/mol. The lowest BCUT2D eigenvalue weighted by Crippen LogP contribution is -2.43. The first-order chi connectivity index (χ1) is 12.6. The van der Waals surface area contributed by atoms with E-state index in [1.807, 2.05) is 12.1 Å². The van der Waals surface area contributed by atoms with Crippen LogP contribution in [0.4, 0.5) is 0 Å². The quantitative estimate of drug-likeness (QED) is 0.859. The van der Waals surface area contributed by atoms with Crippen LogP contribution in [0.2, 0.25) is 5.02 Å². The Morgan fingerprint density at radius 2 is 2.04 bits per heavy atom. The van der Waals surface area contributed by atoms with Crippen LogP contribution >= 0.6 is 11.6 Å². The number of carbonyl (C=O) groups is 1. The third kappa shape index (κ3) is 3.48. The first-order valence-electron chi connectivity index (χ1n) is 9.19. The van der Waals surface area contributed by atoms with Crippen molar-refractivity contribution in [3.05, 3.63) is 35.2 Å². The minimum atomic E-state index is -0.716. The highest BCUT2D eigenvalue weighted by Gasteiger charge is 2.44. The number of rotatable bonds is 5. The van der Waals surface area contributed by atoms with Gasteiger partial charge in [-0.25, -0.2) is 0 Å². The molecule has 3 atom stereocenters. The third-order valence-corrected chi connectivity index (χ3v) is 5.91. The van der Waals surface area contributed by atoms with Crippen LogP contribution in [0, 0.1) is 5.92 Å². The predicted octanol–water partition coefficient (Wildman–Crippen LogP) is 3.65. The van der Waals surface area contributed by atoms with Gasteiger partial charge in [-0.3, -0.25) is 9.69 Å². The molecule has 2 heterocycles. The van der Waals surface area contributed by atoms with Gasteiger partial charge >= 0.3 is 5.97 Å². The van der Waals surface area contributed by atoms with Gasteiger partial charge in [-0.1, -0.05) is 29.6 Å². The summed E-state index contributed by atoms with van der Waals surface area (Å²) in [5.74, 6) is 0.866. The van der Waals surface area contributed by atoms with Crippen molar-refractivity contribution in [2.45, 2.75) is 50.6 Å². The molecule has 6 nitrogen and oxygen atoms in total. The molecule has 0 radical (unpaired) electrons. The molecule has 1 aromatic heterocycles. The second-order valence-electron chi connectivity index (χ2n) is 7.21. The molecular weight excluding hydrogens is 354 g/mol. The summed E-state index contributed by atoms with van der Waals surface area (Å²) in [4.78, 5) is 18.3. The van der Waals surface area contributed by atoms with E-state index in [2.05, 4.69) is 15.0 Å². The van der Waals surface area contributed by atoms with E-state index >= 15 is 0 Å². The molecule has 1 saturated carbocycles. The van der Waals surface area contributed by atoms with E-state index in [1.54, 1.807) is 12.1 Å². The van der Waals surface area contributed by atoms with Crippen LogP contribution in [0.15, 0.2) is 28.8 Å². The van der Waals surface area contributed by atoms with E-state index in [9.17, 15) is 9.90 Å². The van der Waals surface area contributed by atoms with Gasteiger partial charge in [0.25, 0.3) is 0 Å². The molecule has 138 valence electrons. The van der Waals surface area contributed by atoms with Crippen LogP contribution in [0.1, 0.15) is 38.0 Å². The molecule has 7 heteroatoms. The van der Waals surface area contributed by atoms with Gasteiger partial charge in [0.15, 0.2) is 0 Å². The van der Waals surface area contributed by atoms with Gasteiger partial charge in [-0.05, 0) is 49.4 Å². The van der Waals surface area contributed by atoms with Gasteiger partial charge in [0.1, 0.15) is 6.04 Å². The first-order valence-corrected chi connectivity index (χ1v) is 9.56. The third-order valence-electron chi connectivity index (χ3n) is 5.66. The Hall–Kier alpha value is -1.92. The second kappa shape index (κ2) is 7.37. The molecule has 1 N–H and O–H groups in total. The highest BCUT2D eigenvalue weighted by Crippen LogP contribution is 2.39. The molecule has 0 bridgehead atoms. The van der Waals surface area contributed by atoms with Gasteiger partial charge < -0.3 is 9.63 Å². The summed E-state index contributed by atoms with van der Waals surface area (Å²) in [5.41, 5.74) is 0.848. The van der Waals surface area contributed by atoms with Crippen LogP contribution in [-0.4, -0.2) is 44.7 Å². The number of carboxylic acid groups (broad SMARTS) is 1. The van der Waals surface area contributed by atoms with Crippen molar-refractivity contribution in [3.63, 3.8) is 0 Å². The summed E-state index contributed by atoms with van der Waals surface area (Å²) >= 11 is 5.90. The minimum Gasteiger partial charge on any atom is -0.480 e. The number of hydrogen-bond donors (Lipinski definition) is 1. The van der Waals surface area contributed by atoms with E-state index in [0.717, 1.165) is 24.8 Å². The Morgan fingerprint density at radius 3 is 2.81 bits per heavy atom. The molecule has 0 spiro atoms. The molecule has 2 aromatic rings. The summed E-state index contributed by atoms with van der Waals surface area (Å²) in [6.45, 7) is 0.639. The zero-order valence-electron chi connectivity index (χ0n) is 14.5. The van der Waals surface area contributed by atoms with E-state index in [4.69, 9.17) is 16.1 Å². The van der Waals surface area contributed by atoms with Crippen LogP contribution < -0.4 is 0 Å². The Labute approximate surface area is 157 Å². The van der Waals surface area contributed by atoms with Crippen molar-refractivity contribution in [2.75, 3.05) is 6.54 Å². The topological polar surface area (TPSA) is 79.5 Å². The maximum Gasteiger partial charge on any atom is 0.320 e. The standard InChI is InChI=1S/C19H22ClN3O3/c20-14-7-5-12(6-8-14)18-21-17(26-22-18)9-10-23-15-4-2-1-3-13(15)11-16(23)19(24)25/h5-8,13,15-16H,1-4,9-11H2,(H,24,25). The summed E-state index contributed by atoms with van der Waals surface area (Å²) < 4.78 is 5.37. The fraction of sp³-hybridized carbons (Fsp3) is 0.526. The molecule has 26 heavy (non-hydrogen) atoms. The number of fused-ring (bicyclic) bond motifs is 1. The van der Waals surface area contributed by atoms with Crippen molar-refractivity contribution in [2.24, 2.45) is 5.92 Å². The van der Waals surface area contributed by atoms with Crippen molar-refractivity contribution in [3.8, 4) is 11.4 Å². The zero-order chi connectivity index (χ0) is 18.1. The van der Waals surface area contributed by atoms with E-state index < -0.39 is 5.97 Å². The summed E-state index contributed by atoms with van der Waals surface area (Å²) in [6, 6.07) is 7.27. The summed E-state index contributed by atoms with van der Waals surface area (Å²) in [6.07, 6.45) is 5.97. The fourth-order valence-electron chi connectivity index (χ4n) is 4.41. The van der Waals surface area contributed by atoms with Crippen LogP contribution in [0.5, 0.6) is 0 Å². The Morgan fingerprint density at radius 1 is 1.27 bits per heavy atom. The Balaban J connectivity index is 1.44. The SMILES string of the molecule is O=C(O)C1CC2CCCCC2N1CCc1nc(-c2ccc(Cl)cc2)no1. The molecule has 0 amide bonds. The highest BCUT2D eigenvalue weighted by atomic mass is 35.5. The smallest absolute Gasteiger partial charge is 0.320 e. The van der Waals surface area contributed by atoms with Gasteiger partial charge in [0.05, 0.1) is 0 Å². The number of hydrogen-bond acceptors (Lipinski definition) is 5. The Kier molecular flexibility index (Phi) is 4.96. The van der Waals surface area contributed by atoms with Crippen LogP contribution in [0.3, 0.4) is 0 Å². The largest absolute Gasteiger partial charge is 0.480 e. The number of aliphatic carboxylic acids is 1. The molecule has 1 saturated heterocycles. The minimum absolute atomic E-state index is 0.378. The van der Waals surface area contributed by atoms with Crippen LogP contribution in [-0.2, 0) is 11.2 Å². The summed E-state index contributed by atoms with van der Waals surface area (Å²) in [7, 11) is 0. The fourth-order valence-corrected chi connectivity index (χ4v) is 4.54. The lowest BCUT2D eigenvalue weighted by atomic mass is 9.85. The molecule has 2 fully saturated rings. The Bertz CT molecular complexity index is 777. The normalized spacial score (nSPS) is 26.0. The van der Waals surface area contributed by atoms with Crippen molar-refractivity contribution >= 4 is 17.6 Å².